The van der Waals surface area contributed by atoms with Crippen LogP contribution in [0.25, 0.3) is 28.0 Å². The molecule has 0 unspecified atom stereocenters. The summed E-state index contributed by atoms with van der Waals surface area (Å²) in [7, 11) is 1.06. The molecule has 1 aromatic carbocycles. The summed E-state index contributed by atoms with van der Waals surface area (Å²) in [5.74, 6) is 1.26. The lowest BCUT2D eigenvalue weighted by atomic mass is 10.1. The van der Waals surface area contributed by atoms with Crippen molar-refractivity contribution in [1.29, 1.82) is 0 Å². The van der Waals surface area contributed by atoms with Gasteiger partial charge >= 0.3 is 0 Å². The third-order valence-electron chi connectivity index (χ3n) is 6.22. The van der Waals surface area contributed by atoms with Gasteiger partial charge in [-0.25, -0.2) is 9.37 Å². The van der Waals surface area contributed by atoms with Crippen molar-refractivity contribution >= 4 is 27.5 Å². The molecule has 0 radical (unpaired) electrons. The molecule has 1 aliphatic rings. The number of nitrogens with zero attached hydrogens (tertiary/aromatic N) is 4. The number of hydrogen-bond donors (Lipinski definition) is 2. The summed E-state index contributed by atoms with van der Waals surface area (Å²) in [6, 6.07) is 9.16. The van der Waals surface area contributed by atoms with Crippen LogP contribution >= 0.6 is 0 Å². The number of fused-ring (bicyclic) bond motifs is 1. The summed E-state index contributed by atoms with van der Waals surface area (Å²) in [4.78, 5) is 7.31. The SMILES string of the molecule is CNc1ccc(-c2ccc3c(CCCN4CCS(=O)CC4)cn(-c4cn[nH]c4)c3n2)cc1F. The van der Waals surface area contributed by atoms with Crippen LogP contribution in [0.3, 0.4) is 0 Å². The first-order chi connectivity index (χ1) is 16.1. The molecule has 5 rings (SSSR count). The Morgan fingerprint density at radius 2 is 2.06 bits per heavy atom. The van der Waals surface area contributed by atoms with Crippen molar-refractivity contribution in [2.45, 2.75) is 12.8 Å². The van der Waals surface area contributed by atoms with Gasteiger partial charge in [0.15, 0.2) is 0 Å². The van der Waals surface area contributed by atoms with Crippen LogP contribution in [-0.4, -0.2) is 67.0 Å². The highest BCUT2D eigenvalue weighted by Gasteiger charge is 2.17. The quantitative estimate of drug-likeness (QED) is 0.435. The van der Waals surface area contributed by atoms with Crippen molar-refractivity contribution in [2.24, 2.45) is 0 Å². The first-order valence-electron chi connectivity index (χ1n) is 11.2. The van der Waals surface area contributed by atoms with Gasteiger partial charge in [0, 0.05) is 65.8 Å². The van der Waals surface area contributed by atoms with Crippen molar-refractivity contribution in [1.82, 2.24) is 24.6 Å². The van der Waals surface area contributed by atoms with Crippen LogP contribution in [0.1, 0.15) is 12.0 Å². The van der Waals surface area contributed by atoms with Gasteiger partial charge in [0.05, 0.1) is 23.3 Å². The molecule has 0 amide bonds. The largest absolute Gasteiger partial charge is 0.386 e. The Morgan fingerprint density at radius 3 is 2.79 bits per heavy atom. The van der Waals surface area contributed by atoms with E-state index in [1.165, 1.54) is 11.6 Å². The molecule has 3 aromatic heterocycles. The van der Waals surface area contributed by atoms with Gasteiger partial charge in [0.25, 0.3) is 0 Å². The molecule has 1 saturated heterocycles. The van der Waals surface area contributed by atoms with Gasteiger partial charge in [-0.1, -0.05) is 6.07 Å². The molecule has 172 valence electrons. The number of H-pyrrole nitrogens is 1. The Kier molecular flexibility index (Phi) is 6.24. The van der Waals surface area contributed by atoms with E-state index in [1.807, 2.05) is 22.9 Å². The monoisotopic (exact) mass is 466 g/mol. The Labute approximate surface area is 194 Å². The van der Waals surface area contributed by atoms with Crippen molar-refractivity contribution in [3.63, 3.8) is 0 Å². The van der Waals surface area contributed by atoms with Crippen LogP contribution in [-0.2, 0) is 17.2 Å². The third kappa shape index (κ3) is 4.56. The van der Waals surface area contributed by atoms with E-state index in [1.54, 1.807) is 19.3 Å². The molecule has 0 spiro atoms. The summed E-state index contributed by atoms with van der Waals surface area (Å²) in [6.07, 6.45) is 7.69. The smallest absolute Gasteiger partial charge is 0.146 e. The maximum Gasteiger partial charge on any atom is 0.146 e. The minimum Gasteiger partial charge on any atom is -0.386 e. The van der Waals surface area contributed by atoms with Crippen molar-refractivity contribution in [2.75, 3.05) is 43.5 Å². The highest BCUT2D eigenvalue weighted by Crippen LogP contribution is 2.29. The van der Waals surface area contributed by atoms with E-state index in [-0.39, 0.29) is 5.82 Å². The van der Waals surface area contributed by atoms with Crippen LogP contribution in [0.15, 0.2) is 48.9 Å². The summed E-state index contributed by atoms with van der Waals surface area (Å²) in [5, 5.41) is 10.9. The minimum atomic E-state index is -0.646. The Hall–Kier alpha value is -3.04. The normalized spacial score (nSPS) is 15.3. The third-order valence-corrected chi connectivity index (χ3v) is 7.50. The topological polar surface area (TPSA) is 78.8 Å². The van der Waals surface area contributed by atoms with E-state index in [0.717, 1.165) is 72.0 Å². The van der Waals surface area contributed by atoms with E-state index in [9.17, 15) is 8.60 Å². The minimum absolute atomic E-state index is 0.302. The standard InChI is InChI=1S/C24H27FN6OS/c1-26-23-6-4-17(13-21(23)25)22-7-5-20-18(3-2-8-30-9-11-33(32)12-10-30)16-31(24(20)29-22)19-14-27-28-15-19/h4-7,13-16,26H,2-3,8-12H2,1H3,(H,27,28). The van der Waals surface area contributed by atoms with Crippen LogP contribution in [0.5, 0.6) is 0 Å². The molecule has 0 aliphatic carbocycles. The van der Waals surface area contributed by atoms with Crippen molar-refractivity contribution in [3.05, 3.63) is 60.3 Å². The molecular weight excluding hydrogens is 439 g/mol. The first-order valence-corrected chi connectivity index (χ1v) is 12.7. The van der Waals surface area contributed by atoms with Crippen molar-refractivity contribution < 1.29 is 8.60 Å². The predicted molar refractivity (Wildman–Crippen MR) is 131 cm³/mol. The van der Waals surface area contributed by atoms with Gasteiger partial charge in [0.1, 0.15) is 11.5 Å². The number of anilines is 1. The summed E-state index contributed by atoms with van der Waals surface area (Å²) >= 11 is 0. The molecule has 1 aliphatic heterocycles. The Morgan fingerprint density at radius 1 is 1.21 bits per heavy atom. The van der Waals surface area contributed by atoms with Crippen LogP contribution in [0, 0.1) is 5.82 Å². The number of aromatic amines is 1. The van der Waals surface area contributed by atoms with Gasteiger partial charge in [0.2, 0.25) is 0 Å². The number of hydrogen-bond acceptors (Lipinski definition) is 5. The number of rotatable bonds is 7. The molecule has 7 nitrogen and oxygen atoms in total. The van der Waals surface area contributed by atoms with E-state index in [4.69, 9.17) is 4.98 Å². The van der Waals surface area contributed by atoms with Crippen LogP contribution in [0.4, 0.5) is 10.1 Å². The number of nitrogens with one attached hydrogen (secondary N) is 2. The molecule has 0 atom stereocenters. The van der Waals surface area contributed by atoms with Gasteiger partial charge in [-0.05, 0) is 49.2 Å². The van der Waals surface area contributed by atoms with E-state index in [2.05, 4.69) is 32.7 Å². The number of halogens is 1. The maximum atomic E-state index is 14.3. The molecule has 2 N–H and O–H groups in total. The molecule has 1 fully saturated rings. The van der Waals surface area contributed by atoms with Crippen LogP contribution in [0.2, 0.25) is 0 Å². The molecule has 0 bridgehead atoms. The highest BCUT2D eigenvalue weighted by molar-refractivity contribution is 7.85. The second kappa shape index (κ2) is 9.44. The average Bonchev–Trinajstić information content (AvgIpc) is 3.48. The van der Waals surface area contributed by atoms with Gasteiger partial charge < -0.3 is 10.2 Å². The lowest BCUT2D eigenvalue weighted by molar-refractivity contribution is 0.296. The van der Waals surface area contributed by atoms with E-state index < -0.39 is 10.8 Å². The molecule has 0 saturated carbocycles. The lowest BCUT2D eigenvalue weighted by Gasteiger charge is -2.25. The molecule has 4 aromatic rings. The average molecular weight is 467 g/mol. The molecular formula is C24H27FN6OS. The fourth-order valence-corrected chi connectivity index (χ4v) is 5.50. The predicted octanol–water partition coefficient (Wildman–Crippen LogP) is 3.59. The number of benzene rings is 1. The van der Waals surface area contributed by atoms with Gasteiger partial charge in [-0.2, -0.15) is 5.10 Å². The lowest BCUT2D eigenvalue weighted by Crippen LogP contribution is -2.38. The van der Waals surface area contributed by atoms with Crippen LogP contribution < -0.4 is 5.32 Å². The fourth-order valence-electron chi connectivity index (χ4n) is 4.37. The van der Waals surface area contributed by atoms with E-state index >= 15 is 0 Å². The number of pyridine rings is 1. The summed E-state index contributed by atoms with van der Waals surface area (Å²) in [5.41, 5.74) is 4.88. The number of aryl methyl sites for hydroxylation is 1. The van der Waals surface area contributed by atoms with Gasteiger partial charge in [-0.15, -0.1) is 0 Å². The molecule has 4 heterocycles. The van der Waals surface area contributed by atoms with Gasteiger partial charge in [-0.3, -0.25) is 13.9 Å². The zero-order valence-corrected chi connectivity index (χ0v) is 19.4. The second-order valence-corrected chi connectivity index (χ2v) is 9.98. The Bertz CT molecular complexity index is 1280. The summed E-state index contributed by atoms with van der Waals surface area (Å²) in [6.45, 7) is 2.83. The zero-order valence-electron chi connectivity index (χ0n) is 18.6. The van der Waals surface area contributed by atoms with E-state index in [0.29, 0.717) is 5.69 Å². The van der Waals surface area contributed by atoms with Crippen molar-refractivity contribution in [3.8, 4) is 16.9 Å². The maximum absolute atomic E-state index is 14.3. The Balaban J connectivity index is 1.44. The first kappa shape index (κ1) is 21.8. The molecule has 33 heavy (non-hydrogen) atoms. The summed E-state index contributed by atoms with van der Waals surface area (Å²) < 4.78 is 28.0. The highest BCUT2D eigenvalue weighted by atomic mass is 32.2. The molecule has 9 heteroatoms. The fraction of sp³-hybridized carbons (Fsp3) is 0.333. The zero-order chi connectivity index (χ0) is 22.8. The number of aromatic nitrogens is 4. The second-order valence-electron chi connectivity index (χ2n) is 8.29.